The summed E-state index contributed by atoms with van der Waals surface area (Å²) >= 11 is 0. The fraction of sp³-hybridized carbons (Fsp3) is 0.407. The maximum Gasteiger partial charge on any atom is 0.295 e. The van der Waals surface area contributed by atoms with Crippen LogP contribution in [0.25, 0.3) is 5.76 Å². The molecule has 0 aliphatic carbocycles. The van der Waals surface area contributed by atoms with Crippen LogP contribution in [0.15, 0.2) is 48.0 Å². The van der Waals surface area contributed by atoms with Crippen LogP contribution in [0, 0.1) is 12.8 Å². The molecule has 0 aromatic heterocycles. The number of amides is 1. The summed E-state index contributed by atoms with van der Waals surface area (Å²) in [5.41, 5.74) is 2.03. The second kappa shape index (κ2) is 11.2. The Morgan fingerprint density at radius 2 is 1.79 bits per heavy atom. The van der Waals surface area contributed by atoms with Crippen molar-refractivity contribution < 1.29 is 28.9 Å². The Kier molecular flexibility index (Phi) is 8.34. The van der Waals surface area contributed by atoms with Crippen LogP contribution in [-0.4, -0.2) is 55.2 Å². The second-order valence-electron chi connectivity index (χ2n) is 8.67. The number of aliphatic hydroxyl groups is 1. The van der Waals surface area contributed by atoms with Gasteiger partial charge < -0.3 is 24.2 Å². The Morgan fingerprint density at radius 1 is 1.09 bits per heavy atom. The molecule has 2 aromatic rings. The van der Waals surface area contributed by atoms with Gasteiger partial charge in [0.25, 0.3) is 11.7 Å². The van der Waals surface area contributed by atoms with E-state index in [1.54, 1.807) is 18.2 Å². The van der Waals surface area contributed by atoms with Crippen LogP contribution in [0.1, 0.15) is 43.5 Å². The van der Waals surface area contributed by atoms with Crippen molar-refractivity contribution in [2.24, 2.45) is 5.92 Å². The number of methoxy groups -OCH3 is 1. The minimum absolute atomic E-state index is 0.0560. The first-order valence-corrected chi connectivity index (χ1v) is 11.5. The quantitative estimate of drug-likeness (QED) is 0.315. The van der Waals surface area contributed by atoms with Crippen molar-refractivity contribution >= 4 is 17.4 Å². The molecule has 2 aromatic carbocycles. The van der Waals surface area contributed by atoms with Gasteiger partial charge in [-0.1, -0.05) is 26.0 Å². The molecule has 7 nitrogen and oxygen atoms in total. The molecule has 1 fully saturated rings. The number of rotatable bonds is 10. The number of likely N-dealkylation sites (tertiary alicyclic amines) is 1. The third kappa shape index (κ3) is 5.42. The van der Waals surface area contributed by atoms with Gasteiger partial charge in [-0.05, 0) is 61.2 Å². The minimum Gasteiger partial charge on any atom is -0.507 e. The number of aryl methyl sites for hydroxylation is 1. The predicted molar refractivity (Wildman–Crippen MR) is 130 cm³/mol. The molecule has 1 heterocycles. The van der Waals surface area contributed by atoms with E-state index in [9.17, 15) is 14.7 Å². The summed E-state index contributed by atoms with van der Waals surface area (Å²) in [5.74, 6) is 0.200. The average Bonchev–Trinajstić information content (AvgIpc) is 3.07. The fourth-order valence-electron chi connectivity index (χ4n) is 3.93. The van der Waals surface area contributed by atoms with Crippen LogP contribution in [0.5, 0.6) is 11.5 Å². The van der Waals surface area contributed by atoms with Gasteiger partial charge >= 0.3 is 0 Å². The summed E-state index contributed by atoms with van der Waals surface area (Å²) in [6.45, 7) is 9.49. The molecule has 1 N–H and O–H groups in total. The standard InChI is InChI=1S/C27H33NO6/c1-6-33-22-12-9-20(15-18(22)4)25(29)23-24(28(13-14-32-5)27(31)26(23)30)19-7-10-21(11-8-19)34-16-17(2)3/h7-12,15,17,24,29H,6,13-14,16H2,1-5H3/b25-23-. The van der Waals surface area contributed by atoms with Gasteiger partial charge in [-0.3, -0.25) is 9.59 Å². The zero-order valence-corrected chi connectivity index (χ0v) is 20.5. The van der Waals surface area contributed by atoms with Gasteiger partial charge in [-0.25, -0.2) is 0 Å². The zero-order valence-electron chi connectivity index (χ0n) is 20.5. The molecule has 1 aliphatic rings. The lowest BCUT2D eigenvalue weighted by Gasteiger charge is -2.25. The van der Waals surface area contributed by atoms with E-state index in [0.29, 0.717) is 41.8 Å². The van der Waals surface area contributed by atoms with Gasteiger partial charge in [-0.15, -0.1) is 0 Å². The minimum atomic E-state index is -0.735. The summed E-state index contributed by atoms with van der Waals surface area (Å²) < 4.78 is 16.5. The van der Waals surface area contributed by atoms with Crippen molar-refractivity contribution in [3.63, 3.8) is 0 Å². The molecule has 7 heteroatoms. The molecular weight excluding hydrogens is 434 g/mol. The average molecular weight is 468 g/mol. The molecule has 1 aliphatic heterocycles. The van der Waals surface area contributed by atoms with Crippen molar-refractivity contribution in [1.82, 2.24) is 4.90 Å². The highest BCUT2D eigenvalue weighted by atomic mass is 16.5. The first kappa shape index (κ1) is 25.3. The zero-order chi connectivity index (χ0) is 24.8. The predicted octanol–water partition coefficient (Wildman–Crippen LogP) is 4.50. The third-order valence-corrected chi connectivity index (χ3v) is 5.60. The number of carbonyl (C=O) groups is 2. The first-order valence-electron chi connectivity index (χ1n) is 11.5. The second-order valence-corrected chi connectivity index (χ2v) is 8.67. The number of hydrogen-bond donors (Lipinski definition) is 1. The third-order valence-electron chi connectivity index (χ3n) is 5.60. The summed E-state index contributed by atoms with van der Waals surface area (Å²) in [6.07, 6.45) is 0. The van der Waals surface area contributed by atoms with Crippen LogP contribution in [-0.2, 0) is 14.3 Å². The molecular formula is C27H33NO6. The molecule has 1 amide bonds. The molecule has 0 radical (unpaired) electrons. The molecule has 34 heavy (non-hydrogen) atoms. The Balaban J connectivity index is 2.05. The Labute approximate surface area is 200 Å². The number of Topliss-reactive ketones (excluding diaryl/α,β-unsaturated/α-hetero) is 1. The first-order chi connectivity index (χ1) is 16.3. The number of aliphatic hydroxyl groups excluding tert-OH is 1. The number of ketones is 1. The summed E-state index contributed by atoms with van der Waals surface area (Å²) in [5, 5.41) is 11.2. The molecule has 1 saturated heterocycles. The lowest BCUT2D eigenvalue weighted by atomic mass is 9.94. The van der Waals surface area contributed by atoms with Crippen LogP contribution >= 0.6 is 0 Å². The number of ether oxygens (including phenoxy) is 3. The molecule has 0 saturated carbocycles. The Bertz CT molecular complexity index is 1060. The molecule has 1 atom stereocenters. The van der Waals surface area contributed by atoms with E-state index in [2.05, 4.69) is 13.8 Å². The van der Waals surface area contributed by atoms with Gasteiger partial charge in [0.05, 0.1) is 31.4 Å². The van der Waals surface area contributed by atoms with Gasteiger partial charge in [0, 0.05) is 19.2 Å². The van der Waals surface area contributed by atoms with E-state index >= 15 is 0 Å². The van der Waals surface area contributed by atoms with Gasteiger partial charge in [0.15, 0.2) is 0 Å². The van der Waals surface area contributed by atoms with E-state index in [4.69, 9.17) is 14.2 Å². The van der Waals surface area contributed by atoms with E-state index < -0.39 is 17.7 Å². The van der Waals surface area contributed by atoms with Gasteiger partial charge in [-0.2, -0.15) is 0 Å². The van der Waals surface area contributed by atoms with Crippen LogP contribution in [0.3, 0.4) is 0 Å². The topological polar surface area (TPSA) is 85.3 Å². The van der Waals surface area contributed by atoms with Gasteiger partial charge in [0.2, 0.25) is 0 Å². The highest BCUT2D eigenvalue weighted by Gasteiger charge is 2.45. The number of carbonyl (C=O) groups excluding carboxylic acids is 2. The van der Waals surface area contributed by atoms with Crippen LogP contribution in [0.4, 0.5) is 0 Å². The summed E-state index contributed by atoms with van der Waals surface area (Å²) in [4.78, 5) is 27.4. The number of nitrogens with zero attached hydrogens (tertiary/aromatic N) is 1. The van der Waals surface area contributed by atoms with E-state index in [-0.39, 0.29) is 24.5 Å². The monoisotopic (exact) mass is 467 g/mol. The normalized spacial score (nSPS) is 17.5. The SMILES string of the molecule is CCOc1ccc(/C(O)=C2/C(=O)C(=O)N(CCOC)C2c2ccc(OCC(C)C)cc2)cc1C. The fourth-order valence-corrected chi connectivity index (χ4v) is 3.93. The number of benzene rings is 2. The maximum absolute atomic E-state index is 13.1. The van der Waals surface area contributed by atoms with Crippen LogP contribution < -0.4 is 9.47 Å². The van der Waals surface area contributed by atoms with E-state index in [1.807, 2.05) is 38.1 Å². The lowest BCUT2D eigenvalue weighted by molar-refractivity contribution is -0.140. The highest BCUT2D eigenvalue weighted by molar-refractivity contribution is 6.46. The summed E-state index contributed by atoms with van der Waals surface area (Å²) in [6, 6.07) is 11.7. The highest BCUT2D eigenvalue weighted by Crippen LogP contribution is 2.40. The maximum atomic E-state index is 13.1. The number of hydrogen-bond acceptors (Lipinski definition) is 6. The largest absolute Gasteiger partial charge is 0.507 e. The van der Waals surface area contributed by atoms with Crippen molar-refractivity contribution in [1.29, 1.82) is 0 Å². The van der Waals surface area contributed by atoms with Gasteiger partial charge in [0.1, 0.15) is 17.3 Å². The molecule has 182 valence electrons. The van der Waals surface area contributed by atoms with Crippen molar-refractivity contribution in [3.05, 3.63) is 64.7 Å². The molecule has 0 spiro atoms. The lowest BCUT2D eigenvalue weighted by Crippen LogP contribution is -2.32. The molecule has 1 unspecified atom stereocenters. The smallest absolute Gasteiger partial charge is 0.295 e. The van der Waals surface area contributed by atoms with E-state index in [0.717, 1.165) is 5.56 Å². The Hall–Kier alpha value is -3.32. The van der Waals surface area contributed by atoms with Crippen molar-refractivity contribution in [3.8, 4) is 11.5 Å². The van der Waals surface area contributed by atoms with E-state index in [1.165, 1.54) is 12.0 Å². The summed E-state index contributed by atoms with van der Waals surface area (Å²) in [7, 11) is 1.54. The van der Waals surface area contributed by atoms with Crippen molar-refractivity contribution in [2.45, 2.75) is 33.7 Å². The Morgan fingerprint density at radius 3 is 2.38 bits per heavy atom. The van der Waals surface area contributed by atoms with Crippen molar-refractivity contribution in [2.75, 3.05) is 33.5 Å². The molecule has 0 bridgehead atoms. The van der Waals surface area contributed by atoms with Crippen LogP contribution in [0.2, 0.25) is 0 Å². The molecule has 3 rings (SSSR count).